The standard InChI is InChI=1S/C10H14N4O3S/c1-10(2,3)18-7-5-4-6(14(16)17)8(12-7)9(11)13-15/h4-5,15H,1-3H3,(H2,11,13). The summed E-state index contributed by atoms with van der Waals surface area (Å²) in [6, 6.07) is 2.84. The van der Waals surface area contributed by atoms with Gasteiger partial charge in [0.25, 0.3) is 5.69 Å². The van der Waals surface area contributed by atoms with Gasteiger partial charge in [-0.15, -0.1) is 11.8 Å². The molecule has 0 aliphatic carbocycles. The van der Waals surface area contributed by atoms with Gasteiger partial charge in [-0.2, -0.15) is 0 Å². The minimum Gasteiger partial charge on any atom is -0.409 e. The predicted molar refractivity (Wildman–Crippen MR) is 69.0 cm³/mol. The Morgan fingerprint density at radius 2 is 2.17 bits per heavy atom. The summed E-state index contributed by atoms with van der Waals surface area (Å²) in [5.41, 5.74) is 4.97. The maximum atomic E-state index is 10.8. The second-order valence-electron chi connectivity index (χ2n) is 4.47. The molecule has 0 unspecified atom stereocenters. The van der Waals surface area contributed by atoms with Crippen molar-refractivity contribution in [2.75, 3.05) is 0 Å². The molecule has 1 aromatic rings. The van der Waals surface area contributed by atoms with Crippen LogP contribution in [0.5, 0.6) is 0 Å². The molecule has 98 valence electrons. The highest BCUT2D eigenvalue weighted by Crippen LogP contribution is 2.32. The monoisotopic (exact) mass is 270 g/mol. The number of oxime groups is 1. The SMILES string of the molecule is CC(C)(C)Sc1ccc([N+](=O)[O-])c(/C(N)=N/O)n1. The smallest absolute Gasteiger partial charge is 0.298 e. The lowest BCUT2D eigenvalue weighted by Crippen LogP contribution is -2.18. The van der Waals surface area contributed by atoms with E-state index in [0.29, 0.717) is 5.03 Å². The molecule has 1 aromatic heterocycles. The number of nitrogens with zero attached hydrogens (tertiary/aromatic N) is 3. The molecule has 0 radical (unpaired) electrons. The van der Waals surface area contributed by atoms with Crippen molar-refractivity contribution < 1.29 is 10.1 Å². The Bertz CT molecular complexity index is 496. The fourth-order valence-corrected chi connectivity index (χ4v) is 2.09. The average molecular weight is 270 g/mol. The molecule has 7 nitrogen and oxygen atoms in total. The quantitative estimate of drug-likeness (QED) is 0.217. The summed E-state index contributed by atoms with van der Waals surface area (Å²) in [7, 11) is 0. The minimum absolute atomic E-state index is 0.0917. The molecule has 1 heterocycles. The summed E-state index contributed by atoms with van der Waals surface area (Å²) in [4.78, 5) is 14.2. The van der Waals surface area contributed by atoms with Gasteiger partial charge in [0.2, 0.25) is 0 Å². The first-order valence-corrected chi connectivity index (χ1v) is 5.88. The van der Waals surface area contributed by atoms with E-state index in [2.05, 4.69) is 10.1 Å². The second-order valence-corrected chi connectivity index (χ2v) is 6.32. The molecular formula is C10H14N4O3S. The van der Waals surface area contributed by atoms with Crippen LogP contribution in [0, 0.1) is 10.1 Å². The Hall–Kier alpha value is -1.83. The molecule has 8 heteroatoms. The van der Waals surface area contributed by atoms with Crippen molar-refractivity contribution in [2.45, 2.75) is 30.5 Å². The van der Waals surface area contributed by atoms with E-state index in [9.17, 15) is 10.1 Å². The van der Waals surface area contributed by atoms with E-state index in [1.807, 2.05) is 20.8 Å². The number of thioether (sulfide) groups is 1. The van der Waals surface area contributed by atoms with Gasteiger partial charge in [-0.05, 0) is 6.07 Å². The summed E-state index contributed by atoms with van der Waals surface area (Å²) in [6.45, 7) is 5.97. The fourth-order valence-electron chi connectivity index (χ4n) is 1.19. The van der Waals surface area contributed by atoms with Gasteiger partial charge in [0.05, 0.1) is 9.95 Å². The van der Waals surface area contributed by atoms with Crippen molar-refractivity contribution in [1.82, 2.24) is 4.98 Å². The molecule has 0 spiro atoms. The van der Waals surface area contributed by atoms with Crippen LogP contribution in [0.4, 0.5) is 5.69 Å². The topological polar surface area (TPSA) is 115 Å². The zero-order valence-electron chi connectivity index (χ0n) is 10.2. The first kappa shape index (κ1) is 14.2. The molecule has 0 aromatic carbocycles. The molecule has 18 heavy (non-hydrogen) atoms. The third-order valence-corrected chi connectivity index (χ3v) is 2.86. The summed E-state index contributed by atoms with van der Waals surface area (Å²) in [6.07, 6.45) is 0. The predicted octanol–water partition coefficient (Wildman–Crippen LogP) is 1.97. The van der Waals surface area contributed by atoms with Crippen LogP contribution in [0.3, 0.4) is 0 Å². The highest BCUT2D eigenvalue weighted by molar-refractivity contribution is 8.00. The normalized spacial score (nSPS) is 12.5. The molecule has 0 bridgehead atoms. The number of hydrogen-bond acceptors (Lipinski definition) is 6. The number of rotatable bonds is 3. The minimum atomic E-state index is -0.619. The van der Waals surface area contributed by atoms with Crippen molar-refractivity contribution in [1.29, 1.82) is 0 Å². The number of pyridine rings is 1. The van der Waals surface area contributed by atoms with Crippen LogP contribution in [0.25, 0.3) is 0 Å². The van der Waals surface area contributed by atoms with Crippen molar-refractivity contribution in [3.05, 3.63) is 27.9 Å². The van der Waals surface area contributed by atoms with Crippen LogP contribution < -0.4 is 5.73 Å². The third kappa shape index (κ3) is 3.59. The number of nitrogens with two attached hydrogens (primary N) is 1. The maximum Gasteiger partial charge on any atom is 0.298 e. The number of aromatic nitrogens is 1. The van der Waals surface area contributed by atoms with Crippen LogP contribution >= 0.6 is 11.8 Å². The molecule has 0 saturated heterocycles. The molecular weight excluding hydrogens is 256 g/mol. The van der Waals surface area contributed by atoms with Crippen LogP contribution in [0.1, 0.15) is 26.5 Å². The Balaban J connectivity index is 3.26. The van der Waals surface area contributed by atoms with Gasteiger partial charge in [-0.1, -0.05) is 25.9 Å². The Kier molecular flexibility index (Phi) is 4.12. The zero-order valence-corrected chi connectivity index (χ0v) is 11.1. The molecule has 0 saturated carbocycles. The van der Waals surface area contributed by atoms with E-state index in [4.69, 9.17) is 10.9 Å². The molecule has 3 N–H and O–H groups in total. The van der Waals surface area contributed by atoms with Crippen LogP contribution in [0.2, 0.25) is 0 Å². The van der Waals surface area contributed by atoms with E-state index >= 15 is 0 Å². The summed E-state index contributed by atoms with van der Waals surface area (Å²) in [5, 5.41) is 22.8. The van der Waals surface area contributed by atoms with Gasteiger partial charge in [-0.3, -0.25) is 10.1 Å². The number of nitro groups is 1. The number of hydrogen-bond donors (Lipinski definition) is 2. The molecule has 0 atom stereocenters. The molecule has 0 aliphatic heterocycles. The Labute approximate surface area is 108 Å². The van der Waals surface area contributed by atoms with Gasteiger partial charge in [0, 0.05) is 10.8 Å². The molecule has 0 aliphatic rings. The van der Waals surface area contributed by atoms with E-state index in [0.717, 1.165) is 0 Å². The first-order chi connectivity index (χ1) is 8.24. The van der Waals surface area contributed by atoms with Crippen molar-refractivity contribution in [3.8, 4) is 0 Å². The largest absolute Gasteiger partial charge is 0.409 e. The summed E-state index contributed by atoms with van der Waals surface area (Å²) >= 11 is 1.44. The summed E-state index contributed by atoms with van der Waals surface area (Å²) < 4.78 is -0.0917. The molecule has 0 amide bonds. The average Bonchev–Trinajstić information content (AvgIpc) is 2.25. The highest BCUT2D eigenvalue weighted by atomic mass is 32.2. The van der Waals surface area contributed by atoms with Crippen molar-refractivity contribution >= 4 is 23.3 Å². The lowest BCUT2D eigenvalue weighted by atomic mass is 10.3. The van der Waals surface area contributed by atoms with E-state index in [1.165, 1.54) is 17.8 Å². The lowest BCUT2D eigenvalue weighted by molar-refractivity contribution is -0.385. The molecule has 1 rings (SSSR count). The Morgan fingerprint density at radius 3 is 2.61 bits per heavy atom. The first-order valence-electron chi connectivity index (χ1n) is 5.07. The molecule has 0 fully saturated rings. The van der Waals surface area contributed by atoms with Gasteiger partial charge >= 0.3 is 0 Å². The fraction of sp³-hybridized carbons (Fsp3) is 0.400. The van der Waals surface area contributed by atoms with Crippen molar-refractivity contribution in [2.24, 2.45) is 10.9 Å². The van der Waals surface area contributed by atoms with Crippen molar-refractivity contribution in [3.63, 3.8) is 0 Å². The van der Waals surface area contributed by atoms with Crippen LogP contribution in [-0.2, 0) is 0 Å². The van der Waals surface area contributed by atoms with Crippen LogP contribution in [-0.4, -0.2) is 25.7 Å². The second kappa shape index (κ2) is 5.21. The van der Waals surface area contributed by atoms with Gasteiger partial charge in [0.1, 0.15) is 0 Å². The zero-order chi connectivity index (χ0) is 13.9. The van der Waals surface area contributed by atoms with E-state index in [-0.39, 0.29) is 22.0 Å². The lowest BCUT2D eigenvalue weighted by Gasteiger charge is -2.16. The maximum absolute atomic E-state index is 10.8. The number of amidine groups is 1. The third-order valence-electron chi connectivity index (χ3n) is 1.81. The van der Waals surface area contributed by atoms with Gasteiger partial charge in [-0.25, -0.2) is 4.98 Å². The summed E-state index contributed by atoms with van der Waals surface area (Å²) in [5.74, 6) is -0.377. The highest BCUT2D eigenvalue weighted by Gasteiger charge is 2.21. The van der Waals surface area contributed by atoms with Gasteiger partial charge in [0.15, 0.2) is 11.5 Å². The Morgan fingerprint density at radius 1 is 1.56 bits per heavy atom. The van der Waals surface area contributed by atoms with E-state index < -0.39 is 4.92 Å². The van der Waals surface area contributed by atoms with E-state index in [1.54, 1.807) is 6.07 Å². The van der Waals surface area contributed by atoms with Crippen LogP contribution in [0.15, 0.2) is 22.3 Å². The van der Waals surface area contributed by atoms with Gasteiger partial charge < -0.3 is 10.9 Å².